The van der Waals surface area contributed by atoms with E-state index in [-0.39, 0.29) is 10.8 Å². The Morgan fingerprint density at radius 2 is 1.09 bits per heavy atom. The predicted molar refractivity (Wildman–Crippen MR) is 72.3 cm³/mol. The lowest BCUT2D eigenvalue weighted by Gasteiger charge is -2.05. The molecule has 0 heterocycles. The van der Waals surface area contributed by atoms with Gasteiger partial charge in [0.15, 0.2) is 10.6 Å². The molecule has 0 radical (unpaired) electrons. The van der Waals surface area contributed by atoms with Gasteiger partial charge in [0.1, 0.15) is 0 Å². The van der Waals surface area contributed by atoms with E-state index in [0.29, 0.717) is 0 Å². The van der Waals surface area contributed by atoms with Crippen molar-refractivity contribution in [2.45, 2.75) is 0 Å². The van der Waals surface area contributed by atoms with E-state index in [1.54, 1.807) is 0 Å². The number of hydrogen-bond donors (Lipinski definition) is 2. The number of carboxylic acids is 2. The fourth-order valence-corrected chi connectivity index (χ4v) is 3.23. The number of carbonyl (C=O) groups is 2. The van der Waals surface area contributed by atoms with E-state index in [4.69, 9.17) is 10.2 Å². The van der Waals surface area contributed by atoms with Crippen LogP contribution in [0, 0.1) is 0 Å². The molecule has 2 aromatic carbocycles. The second-order valence-corrected chi connectivity index (χ2v) is 6.20. The van der Waals surface area contributed by atoms with Crippen molar-refractivity contribution >= 4 is 49.4 Å². The number of benzene rings is 2. The highest BCUT2D eigenvalue weighted by molar-refractivity contribution is 7.47. The summed E-state index contributed by atoms with van der Waals surface area (Å²) in [7, 11) is -6.51. The van der Waals surface area contributed by atoms with Gasteiger partial charge in [-0.25, -0.2) is 9.59 Å². The molecular formula is C12H6O8P2. The van der Waals surface area contributed by atoms with Gasteiger partial charge < -0.3 is 20.0 Å². The van der Waals surface area contributed by atoms with Crippen LogP contribution in [0.15, 0.2) is 24.3 Å². The van der Waals surface area contributed by atoms with Gasteiger partial charge in [-0.1, -0.05) is 9.13 Å². The summed E-state index contributed by atoms with van der Waals surface area (Å²) in [6.07, 6.45) is 0. The first-order chi connectivity index (χ1) is 10.2. The molecule has 10 heteroatoms. The summed E-state index contributed by atoms with van der Waals surface area (Å²) >= 11 is 0. The van der Waals surface area contributed by atoms with Crippen molar-refractivity contribution in [1.82, 2.24) is 0 Å². The van der Waals surface area contributed by atoms with Crippen molar-refractivity contribution in [2.75, 3.05) is 0 Å². The number of fused-ring (bicyclic) bond motifs is 1. The molecule has 0 fully saturated rings. The molecule has 0 aliphatic rings. The average Bonchev–Trinajstić information content (AvgIpc) is 2.44. The predicted octanol–water partition coefficient (Wildman–Crippen LogP) is -0.308. The molecule has 0 amide bonds. The Morgan fingerprint density at radius 3 is 1.32 bits per heavy atom. The minimum absolute atomic E-state index is 0.157. The lowest BCUT2D eigenvalue weighted by atomic mass is 10.0. The van der Waals surface area contributed by atoms with Crippen LogP contribution in [-0.4, -0.2) is 22.2 Å². The average molecular weight is 340 g/mol. The van der Waals surface area contributed by atoms with Crippen LogP contribution < -0.4 is 20.4 Å². The molecule has 0 saturated carbocycles. The maximum atomic E-state index is 11.3. The summed E-state index contributed by atoms with van der Waals surface area (Å²) in [5.41, 5.74) is -0.828. The normalized spacial score (nSPS) is 12.1. The number of rotatable bonds is 4. The fraction of sp³-hybridized carbons (Fsp3) is 0. The number of carboxylic acid groups (broad SMARTS) is 2. The maximum absolute atomic E-state index is 11.3. The van der Waals surface area contributed by atoms with Crippen molar-refractivity contribution < 1.29 is 38.7 Å². The third-order valence-electron chi connectivity index (χ3n) is 2.91. The van der Waals surface area contributed by atoms with E-state index in [1.807, 2.05) is 0 Å². The summed E-state index contributed by atoms with van der Waals surface area (Å²) in [4.78, 5) is 44.7. The van der Waals surface area contributed by atoms with Gasteiger partial charge in [-0.3, -0.25) is 0 Å². The molecule has 2 aromatic rings. The Bertz CT molecular complexity index is 787. The summed E-state index contributed by atoms with van der Waals surface area (Å²) in [6, 6.07) is 3.69. The maximum Gasteiger partial charge on any atom is 0.349 e. The van der Waals surface area contributed by atoms with Crippen molar-refractivity contribution in [2.24, 2.45) is 0 Å². The lowest BCUT2D eigenvalue weighted by molar-refractivity contribution is -0.161. The monoisotopic (exact) mass is 340 g/mol. The molecule has 2 unspecified atom stereocenters. The van der Waals surface area contributed by atoms with Crippen LogP contribution in [0.3, 0.4) is 0 Å². The Morgan fingerprint density at radius 1 is 0.773 bits per heavy atom. The summed E-state index contributed by atoms with van der Waals surface area (Å²) in [5, 5.41) is 16.7. The first-order valence-electron chi connectivity index (χ1n) is 5.59. The van der Waals surface area contributed by atoms with E-state index in [2.05, 4.69) is 0 Å². The molecule has 8 nitrogen and oxygen atoms in total. The van der Waals surface area contributed by atoms with Crippen LogP contribution in [0.5, 0.6) is 0 Å². The Balaban J connectivity index is 3.03. The molecule has 0 aliphatic heterocycles. The fourth-order valence-electron chi connectivity index (χ4n) is 1.97. The van der Waals surface area contributed by atoms with E-state index >= 15 is 0 Å². The first-order valence-corrected chi connectivity index (χ1v) is 7.95. The molecule has 0 saturated heterocycles. The molecule has 2 N–H and O–H groups in total. The van der Waals surface area contributed by atoms with Gasteiger partial charge >= 0.3 is 28.0 Å². The van der Waals surface area contributed by atoms with E-state index < -0.39 is 49.7 Å². The highest BCUT2D eigenvalue weighted by atomic mass is 31.1. The van der Waals surface area contributed by atoms with Gasteiger partial charge in [0.05, 0.1) is 11.1 Å². The van der Waals surface area contributed by atoms with Crippen molar-refractivity contribution in [3.05, 3.63) is 35.4 Å². The van der Waals surface area contributed by atoms with Gasteiger partial charge in [0.2, 0.25) is 0 Å². The molecule has 0 bridgehead atoms. The zero-order valence-corrected chi connectivity index (χ0v) is 12.3. The quantitative estimate of drug-likeness (QED) is 0.718. The van der Waals surface area contributed by atoms with Crippen LogP contribution in [0.25, 0.3) is 10.8 Å². The van der Waals surface area contributed by atoms with Gasteiger partial charge in [-0.15, -0.1) is 0 Å². The lowest BCUT2D eigenvalue weighted by Crippen LogP contribution is -2.16. The van der Waals surface area contributed by atoms with Crippen LogP contribution >= 0.6 is 16.1 Å². The second kappa shape index (κ2) is 5.87. The zero-order chi connectivity index (χ0) is 16.6. The van der Waals surface area contributed by atoms with Crippen molar-refractivity contribution in [3.63, 3.8) is 0 Å². The largest absolute Gasteiger partial charge is 0.591 e. The van der Waals surface area contributed by atoms with Crippen LogP contribution in [0.1, 0.15) is 20.7 Å². The SMILES string of the molecule is O=C(O)c1cc([P+](=O)[O-])c2cc(C(=O)O)cc([P+](=O)[O-])c2c1. The Hall–Kier alpha value is -2.24. The van der Waals surface area contributed by atoms with Gasteiger partial charge in [-0.2, -0.15) is 0 Å². The van der Waals surface area contributed by atoms with Crippen molar-refractivity contribution in [3.8, 4) is 0 Å². The first kappa shape index (κ1) is 16.1. The van der Waals surface area contributed by atoms with Crippen LogP contribution in [0.2, 0.25) is 0 Å². The molecule has 2 atom stereocenters. The van der Waals surface area contributed by atoms with Gasteiger partial charge in [-0.05, 0) is 12.1 Å². The molecule has 0 spiro atoms. The van der Waals surface area contributed by atoms with E-state index in [1.165, 1.54) is 0 Å². The summed E-state index contributed by atoms with van der Waals surface area (Å²) < 4.78 is 22.6. The smallest absolute Gasteiger partial charge is 0.349 e. The Kier molecular flexibility index (Phi) is 4.30. The molecular weight excluding hydrogens is 334 g/mol. The minimum atomic E-state index is -3.25. The van der Waals surface area contributed by atoms with Gasteiger partial charge in [0.25, 0.3) is 0 Å². The standard InChI is InChI=1S/C12H6O8P2/c13-11(14)5-1-7-8(10(3-5)22(19)20)2-6(12(15)16)4-9(7)21(17)18/h1-4H,(H,13,14)(H,15,16). The van der Waals surface area contributed by atoms with E-state index in [9.17, 15) is 28.5 Å². The van der Waals surface area contributed by atoms with Crippen LogP contribution in [0.4, 0.5) is 0 Å². The second-order valence-electron chi connectivity index (χ2n) is 4.21. The number of hydrogen-bond acceptors (Lipinski definition) is 6. The third-order valence-corrected chi connectivity index (χ3v) is 4.44. The molecule has 0 aliphatic carbocycles. The van der Waals surface area contributed by atoms with Gasteiger partial charge in [0, 0.05) is 22.9 Å². The summed E-state index contributed by atoms with van der Waals surface area (Å²) in [5.74, 6) is -2.87. The highest BCUT2D eigenvalue weighted by Crippen LogP contribution is 2.26. The number of aromatic carboxylic acids is 2. The summed E-state index contributed by atoms with van der Waals surface area (Å²) in [6.45, 7) is 0. The highest BCUT2D eigenvalue weighted by Gasteiger charge is 2.25. The minimum Gasteiger partial charge on any atom is -0.591 e. The topological polar surface area (TPSA) is 155 Å². The molecule has 112 valence electrons. The third kappa shape index (κ3) is 2.86. The molecule has 22 heavy (non-hydrogen) atoms. The zero-order valence-electron chi connectivity index (χ0n) is 10.5. The Labute approximate surface area is 124 Å². The van der Waals surface area contributed by atoms with E-state index in [0.717, 1.165) is 24.3 Å². The van der Waals surface area contributed by atoms with Crippen LogP contribution in [-0.2, 0) is 9.13 Å². The molecule has 0 aromatic heterocycles. The van der Waals surface area contributed by atoms with Crippen molar-refractivity contribution in [1.29, 1.82) is 0 Å². The molecule has 2 rings (SSSR count).